The van der Waals surface area contributed by atoms with Gasteiger partial charge in [0.2, 0.25) is 5.91 Å². The average Bonchev–Trinajstić information content (AvgIpc) is 2.25. The van der Waals surface area contributed by atoms with E-state index in [-0.39, 0.29) is 23.7 Å². The normalized spacial score (nSPS) is 39.1. The van der Waals surface area contributed by atoms with Crippen LogP contribution in [0.1, 0.15) is 47.0 Å². The second kappa shape index (κ2) is 5.41. The van der Waals surface area contributed by atoms with Gasteiger partial charge < -0.3 is 15.4 Å². The van der Waals surface area contributed by atoms with Gasteiger partial charge in [-0.2, -0.15) is 0 Å². The van der Waals surface area contributed by atoms with Gasteiger partial charge in [-0.25, -0.2) is 0 Å². The van der Waals surface area contributed by atoms with Gasteiger partial charge in [-0.15, -0.1) is 0 Å². The van der Waals surface area contributed by atoms with Gasteiger partial charge in [0.15, 0.2) is 0 Å². The van der Waals surface area contributed by atoms with E-state index >= 15 is 0 Å². The van der Waals surface area contributed by atoms with Crippen molar-refractivity contribution in [2.45, 2.75) is 64.7 Å². The lowest BCUT2D eigenvalue weighted by atomic mass is 9.77. The van der Waals surface area contributed by atoms with E-state index in [2.05, 4.69) is 20.8 Å². The number of morpholine rings is 1. The third kappa shape index (κ3) is 3.48. The fraction of sp³-hybridized carbons (Fsp3) is 0.933. The predicted molar refractivity (Wildman–Crippen MR) is 75.7 cm³/mol. The van der Waals surface area contributed by atoms with Crippen molar-refractivity contribution in [1.29, 1.82) is 0 Å². The molecule has 110 valence electrons. The second-order valence-electron chi connectivity index (χ2n) is 7.06. The number of hydrogen-bond acceptors (Lipinski definition) is 3. The topological polar surface area (TPSA) is 55.6 Å². The van der Waals surface area contributed by atoms with Crippen LogP contribution in [0, 0.1) is 11.8 Å². The number of nitrogens with two attached hydrogens (primary N) is 1. The third-order valence-electron chi connectivity index (χ3n) is 4.41. The van der Waals surface area contributed by atoms with Crippen LogP contribution in [-0.2, 0) is 9.53 Å². The molecule has 4 nitrogen and oxygen atoms in total. The van der Waals surface area contributed by atoms with Crippen LogP contribution in [0.25, 0.3) is 0 Å². The van der Waals surface area contributed by atoms with Crippen LogP contribution in [0.5, 0.6) is 0 Å². The van der Waals surface area contributed by atoms with Crippen LogP contribution in [0.2, 0.25) is 0 Å². The smallest absolute Gasteiger partial charge is 0.226 e. The summed E-state index contributed by atoms with van der Waals surface area (Å²) in [6, 6.07) is 0.277. The van der Waals surface area contributed by atoms with Gasteiger partial charge in [-0.3, -0.25) is 4.79 Å². The molecule has 1 amide bonds. The second-order valence-corrected chi connectivity index (χ2v) is 7.06. The van der Waals surface area contributed by atoms with Gasteiger partial charge in [0, 0.05) is 25.0 Å². The Kier molecular flexibility index (Phi) is 4.21. The Labute approximate surface area is 116 Å². The van der Waals surface area contributed by atoms with Crippen molar-refractivity contribution in [3.8, 4) is 0 Å². The molecule has 1 heterocycles. The van der Waals surface area contributed by atoms with Crippen LogP contribution in [0.15, 0.2) is 0 Å². The number of carbonyl (C=O) groups excluding carboxylic acids is 1. The molecular weight excluding hydrogens is 240 g/mol. The maximum atomic E-state index is 12.7. The maximum absolute atomic E-state index is 12.7. The minimum Gasteiger partial charge on any atom is -0.369 e. The highest BCUT2D eigenvalue weighted by Crippen LogP contribution is 2.32. The van der Waals surface area contributed by atoms with E-state index in [1.807, 2.05) is 11.8 Å². The Balaban J connectivity index is 2.03. The first-order valence-corrected chi connectivity index (χ1v) is 7.50. The average molecular weight is 268 g/mol. The number of ether oxygens (including phenoxy) is 1. The van der Waals surface area contributed by atoms with Gasteiger partial charge in [-0.1, -0.05) is 6.92 Å². The zero-order chi connectivity index (χ0) is 14.2. The summed E-state index contributed by atoms with van der Waals surface area (Å²) < 4.78 is 5.87. The van der Waals surface area contributed by atoms with Crippen LogP contribution in [0.3, 0.4) is 0 Å². The molecule has 4 unspecified atom stereocenters. The van der Waals surface area contributed by atoms with Crippen molar-refractivity contribution in [1.82, 2.24) is 4.90 Å². The lowest BCUT2D eigenvalue weighted by Crippen LogP contribution is -2.56. The van der Waals surface area contributed by atoms with Crippen molar-refractivity contribution >= 4 is 5.91 Å². The molecule has 2 aliphatic rings. The molecule has 1 saturated carbocycles. The number of nitrogens with zero attached hydrogens (tertiary/aromatic N) is 1. The van der Waals surface area contributed by atoms with E-state index in [0.717, 1.165) is 25.8 Å². The number of hydrogen-bond donors (Lipinski definition) is 1. The molecular formula is C15H28N2O2. The Morgan fingerprint density at radius 1 is 1.32 bits per heavy atom. The Morgan fingerprint density at radius 2 is 2.00 bits per heavy atom. The highest BCUT2D eigenvalue weighted by atomic mass is 16.5. The summed E-state index contributed by atoms with van der Waals surface area (Å²) in [7, 11) is 0. The van der Waals surface area contributed by atoms with E-state index < -0.39 is 0 Å². The van der Waals surface area contributed by atoms with Gasteiger partial charge in [0.1, 0.15) is 0 Å². The first-order chi connectivity index (χ1) is 8.78. The number of rotatable bonds is 1. The summed E-state index contributed by atoms with van der Waals surface area (Å²) >= 11 is 0. The largest absolute Gasteiger partial charge is 0.369 e. The molecule has 0 radical (unpaired) electrons. The van der Waals surface area contributed by atoms with E-state index in [1.54, 1.807) is 0 Å². The SMILES string of the molecule is CC1CN(C(=O)C2CCC(N)CC2C)CC(C)(C)O1. The molecule has 0 aromatic carbocycles. The molecule has 1 aliphatic carbocycles. The van der Waals surface area contributed by atoms with Gasteiger partial charge >= 0.3 is 0 Å². The molecule has 4 heteroatoms. The quantitative estimate of drug-likeness (QED) is 0.788. The van der Waals surface area contributed by atoms with Gasteiger partial charge in [0.25, 0.3) is 0 Å². The van der Waals surface area contributed by atoms with Crippen molar-refractivity contribution in [3.05, 3.63) is 0 Å². The predicted octanol–water partition coefficient (Wildman–Crippen LogP) is 1.78. The summed E-state index contributed by atoms with van der Waals surface area (Å²) in [4.78, 5) is 14.7. The highest BCUT2D eigenvalue weighted by Gasteiger charge is 2.39. The lowest BCUT2D eigenvalue weighted by molar-refractivity contribution is -0.163. The Morgan fingerprint density at radius 3 is 2.58 bits per heavy atom. The number of amides is 1. The van der Waals surface area contributed by atoms with Crippen molar-refractivity contribution in [2.75, 3.05) is 13.1 Å². The minimum atomic E-state index is -0.234. The summed E-state index contributed by atoms with van der Waals surface area (Å²) in [6.07, 6.45) is 3.01. The van der Waals surface area contributed by atoms with E-state index in [9.17, 15) is 4.79 Å². The summed E-state index contributed by atoms with van der Waals surface area (Å²) in [6.45, 7) is 9.74. The van der Waals surface area contributed by atoms with Crippen LogP contribution in [0.4, 0.5) is 0 Å². The molecule has 2 rings (SSSR count). The van der Waals surface area contributed by atoms with E-state index in [1.165, 1.54) is 0 Å². The molecule has 2 N–H and O–H groups in total. The molecule has 1 saturated heterocycles. The molecule has 4 atom stereocenters. The van der Waals surface area contributed by atoms with Crippen LogP contribution >= 0.6 is 0 Å². The first-order valence-electron chi connectivity index (χ1n) is 7.50. The van der Waals surface area contributed by atoms with Crippen molar-refractivity contribution in [3.63, 3.8) is 0 Å². The monoisotopic (exact) mass is 268 g/mol. The van der Waals surface area contributed by atoms with Gasteiger partial charge in [-0.05, 0) is 46.0 Å². The Hall–Kier alpha value is -0.610. The fourth-order valence-corrected chi connectivity index (χ4v) is 3.66. The summed E-state index contributed by atoms with van der Waals surface area (Å²) in [5, 5.41) is 0. The Bertz CT molecular complexity index is 343. The molecule has 0 bridgehead atoms. The molecule has 0 aromatic rings. The first kappa shape index (κ1) is 14.8. The maximum Gasteiger partial charge on any atom is 0.226 e. The fourth-order valence-electron chi connectivity index (χ4n) is 3.66. The minimum absolute atomic E-state index is 0.119. The van der Waals surface area contributed by atoms with Crippen LogP contribution < -0.4 is 5.73 Å². The zero-order valence-electron chi connectivity index (χ0n) is 12.7. The van der Waals surface area contributed by atoms with Gasteiger partial charge in [0.05, 0.1) is 11.7 Å². The highest BCUT2D eigenvalue weighted by molar-refractivity contribution is 5.79. The van der Waals surface area contributed by atoms with Crippen molar-refractivity contribution < 1.29 is 9.53 Å². The molecule has 2 fully saturated rings. The summed E-state index contributed by atoms with van der Waals surface area (Å²) in [5.74, 6) is 0.862. The standard InChI is InChI=1S/C15H28N2O2/c1-10-7-12(16)5-6-13(10)14(18)17-8-11(2)19-15(3,4)9-17/h10-13H,5-9,16H2,1-4H3. The zero-order valence-corrected chi connectivity index (χ0v) is 12.7. The molecule has 0 spiro atoms. The van der Waals surface area contributed by atoms with E-state index in [0.29, 0.717) is 18.4 Å². The lowest BCUT2D eigenvalue weighted by Gasteiger charge is -2.44. The molecule has 1 aliphatic heterocycles. The number of carbonyl (C=O) groups is 1. The van der Waals surface area contributed by atoms with E-state index in [4.69, 9.17) is 10.5 Å². The summed E-state index contributed by atoms with van der Waals surface area (Å²) in [5.41, 5.74) is 5.75. The molecule has 0 aromatic heterocycles. The molecule has 19 heavy (non-hydrogen) atoms. The van der Waals surface area contributed by atoms with Crippen molar-refractivity contribution in [2.24, 2.45) is 17.6 Å². The third-order valence-corrected chi connectivity index (χ3v) is 4.41. The van der Waals surface area contributed by atoms with Crippen LogP contribution in [-0.4, -0.2) is 41.6 Å².